The van der Waals surface area contributed by atoms with E-state index in [1.165, 1.54) is 15.9 Å². The molecular weight excluding hydrogens is 640 g/mol. The predicted molar refractivity (Wildman–Crippen MR) is 189 cm³/mol. The van der Waals surface area contributed by atoms with Gasteiger partial charge in [0.25, 0.3) is 5.91 Å². The van der Waals surface area contributed by atoms with Crippen molar-refractivity contribution in [1.82, 2.24) is 31.1 Å². The summed E-state index contributed by atoms with van der Waals surface area (Å²) in [4.78, 5) is 95.8. The summed E-state index contributed by atoms with van der Waals surface area (Å²) >= 11 is 0. The molecule has 0 spiro atoms. The third kappa shape index (κ3) is 11.1. The van der Waals surface area contributed by atoms with E-state index in [0.717, 1.165) is 38.5 Å². The fourth-order valence-corrected chi connectivity index (χ4v) is 7.16. The van der Waals surface area contributed by atoms with Crippen LogP contribution in [-0.2, 0) is 28.8 Å². The van der Waals surface area contributed by atoms with Crippen LogP contribution in [0.25, 0.3) is 0 Å². The van der Waals surface area contributed by atoms with Gasteiger partial charge in [-0.05, 0) is 48.9 Å². The number of hydrogen-bond acceptors (Lipinski definition) is 7. The van der Waals surface area contributed by atoms with Gasteiger partial charge in [-0.15, -0.1) is 6.58 Å². The quantitative estimate of drug-likeness (QED) is 0.115. The number of hydrogen-bond donors (Lipinski definition) is 4. The van der Waals surface area contributed by atoms with Gasteiger partial charge in [-0.3, -0.25) is 33.7 Å². The van der Waals surface area contributed by atoms with E-state index >= 15 is 0 Å². The molecule has 0 aromatic rings. The zero-order valence-electron chi connectivity index (χ0n) is 31.0. The monoisotopic (exact) mass is 700 g/mol. The zero-order chi connectivity index (χ0) is 37.2. The molecule has 3 aliphatic rings. The van der Waals surface area contributed by atoms with E-state index in [2.05, 4.69) is 27.8 Å². The summed E-state index contributed by atoms with van der Waals surface area (Å²) in [5.74, 6) is -3.09. The number of carbonyl (C=O) groups is 7. The number of piperidine rings is 1. The predicted octanol–water partition coefficient (Wildman–Crippen LogP) is 3.36. The van der Waals surface area contributed by atoms with Crippen LogP contribution in [0, 0.1) is 16.7 Å². The van der Waals surface area contributed by atoms with Gasteiger partial charge in [0.15, 0.2) is 0 Å². The molecule has 2 aliphatic heterocycles. The lowest BCUT2D eigenvalue weighted by Gasteiger charge is -2.40. The van der Waals surface area contributed by atoms with Crippen LogP contribution in [0.2, 0.25) is 0 Å². The van der Waals surface area contributed by atoms with E-state index < -0.39 is 58.6 Å². The zero-order valence-corrected chi connectivity index (χ0v) is 31.0. The lowest BCUT2D eigenvalue weighted by molar-refractivity contribution is -0.153. The molecule has 2 saturated heterocycles. The fraction of sp³-hybridized carbons (Fsp3) is 0.757. The maximum Gasteiger partial charge on any atom is 0.315 e. The first-order chi connectivity index (χ1) is 23.5. The lowest BCUT2D eigenvalue weighted by atomic mass is 9.80. The van der Waals surface area contributed by atoms with E-state index in [1.807, 2.05) is 41.5 Å². The Morgan fingerprint density at radius 2 is 1.58 bits per heavy atom. The van der Waals surface area contributed by atoms with Crippen molar-refractivity contribution in [2.24, 2.45) is 16.7 Å². The van der Waals surface area contributed by atoms with Crippen LogP contribution < -0.4 is 21.3 Å². The molecule has 7 amide bonds. The normalized spacial score (nSPS) is 21.5. The molecule has 280 valence electrons. The molecule has 3 fully saturated rings. The number of urea groups is 1. The number of likely N-dealkylation sites (tertiary alicyclic amines) is 2. The van der Waals surface area contributed by atoms with Crippen LogP contribution in [0.15, 0.2) is 12.7 Å². The van der Waals surface area contributed by atoms with Crippen molar-refractivity contribution in [2.75, 3.05) is 19.6 Å². The number of imide groups is 1. The topological polar surface area (TPSA) is 174 Å². The van der Waals surface area contributed by atoms with Crippen molar-refractivity contribution >= 4 is 41.4 Å². The summed E-state index contributed by atoms with van der Waals surface area (Å²) in [6, 6.07) is -3.95. The van der Waals surface area contributed by atoms with Gasteiger partial charge < -0.3 is 26.2 Å². The van der Waals surface area contributed by atoms with E-state index in [9.17, 15) is 33.6 Å². The molecule has 0 aromatic heterocycles. The molecule has 13 heteroatoms. The minimum absolute atomic E-state index is 0.0185. The summed E-state index contributed by atoms with van der Waals surface area (Å²) in [7, 11) is 0. The van der Waals surface area contributed by atoms with Gasteiger partial charge in [0.1, 0.15) is 12.1 Å². The Morgan fingerprint density at radius 1 is 0.940 bits per heavy atom. The number of nitrogens with one attached hydrogen (secondary N) is 4. The van der Waals surface area contributed by atoms with E-state index in [1.54, 1.807) is 0 Å². The van der Waals surface area contributed by atoms with E-state index in [0.29, 0.717) is 25.8 Å². The second-order valence-corrected chi connectivity index (χ2v) is 16.1. The Hall–Kier alpha value is -3.77. The highest BCUT2D eigenvalue weighted by Crippen LogP contribution is 2.33. The first-order valence-corrected chi connectivity index (χ1v) is 18.4. The van der Waals surface area contributed by atoms with Crippen LogP contribution in [0.1, 0.15) is 119 Å². The van der Waals surface area contributed by atoms with Crippen LogP contribution in [0.3, 0.4) is 0 Å². The third-order valence-corrected chi connectivity index (χ3v) is 10.2. The van der Waals surface area contributed by atoms with Crippen molar-refractivity contribution in [3.63, 3.8) is 0 Å². The maximum atomic E-state index is 14.3. The van der Waals surface area contributed by atoms with Crippen LogP contribution in [0.5, 0.6) is 0 Å². The molecule has 2 heterocycles. The lowest BCUT2D eigenvalue weighted by Crippen LogP contribution is -2.61. The Labute approximate surface area is 297 Å². The van der Waals surface area contributed by atoms with Gasteiger partial charge in [0, 0.05) is 32.5 Å². The second-order valence-electron chi connectivity index (χ2n) is 16.1. The highest BCUT2D eigenvalue weighted by molar-refractivity contribution is 6.38. The minimum Gasteiger partial charge on any atom is -0.346 e. The Bertz CT molecular complexity index is 1270. The Kier molecular flexibility index (Phi) is 14.6. The number of ketones is 1. The van der Waals surface area contributed by atoms with E-state index in [-0.39, 0.29) is 56.0 Å². The number of Topliss-reactive ketones (excluding diaryl/α,β-unsaturated/α-hetero) is 1. The molecule has 3 rings (SSSR count). The van der Waals surface area contributed by atoms with Crippen LogP contribution >= 0.6 is 0 Å². The van der Waals surface area contributed by atoms with E-state index in [4.69, 9.17) is 0 Å². The summed E-state index contributed by atoms with van der Waals surface area (Å²) in [6.45, 7) is 15.5. The van der Waals surface area contributed by atoms with Crippen LogP contribution in [-0.4, -0.2) is 95.0 Å². The summed E-state index contributed by atoms with van der Waals surface area (Å²) < 4.78 is 0. The van der Waals surface area contributed by atoms with Gasteiger partial charge in [-0.25, -0.2) is 4.79 Å². The molecule has 0 radical (unpaired) electrons. The molecule has 4 atom stereocenters. The molecule has 1 aliphatic carbocycles. The van der Waals surface area contributed by atoms with Gasteiger partial charge in [-0.2, -0.15) is 0 Å². The SMILES string of the molecule is C=CCNC(=O)C(=O)C(CCCC)NC(=O)[C@@H]1CCCN1C(=O)[C@@H](NC(=O)N[C@H](CN1C(=O)CC(C)(C)CC1=O)C(C)(C)C)C1CCCCC1. The molecule has 50 heavy (non-hydrogen) atoms. The van der Waals surface area contributed by atoms with Gasteiger partial charge in [0.2, 0.25) is 29.4 Å². The molecule has 0 aromatic carbocycles. The summed E-state index contributed by atoms with van der Waals surface area (Å²) in [5, 5.41) is 11.2. The van der Waals surface area contributed by atoms with Crippen LogP contribution in [0.4, 0.5) is 4.79 Å². The molecule has 1 saturated carbocycles. The summed E-state index contributed by atoms with van der Waals surface area (Å²) in [5.41, 5.74) is -0.946. The Morgan fingerprint density at radius 3 is 2.16 bits per heavy atom. The first-order valence-electron chi connectivity index (χ1n) is 18.4. The van der Waals surface area contributed by atoms with Gasteiger partial charge in [0.05, 0.1) is 12.1 Å². The minimum atomic E-state index is -1.03. The maximum absolute atomic E-state index is 14.3. The average molecular weight is 701 g/mol. The largest absolute Gasteiger partial charge is 0.346 e. The standard InChI is InChI=1S/C37H60N6O7/c1-8-10-17-25(31(46)33(48)38-19-9-2)39-32(47)26-18-14-20-42(26)34(49)30(24-15-12-11-13-16-24)41-35(50)40-27(36(3,4)5)23-43-28(44)21-37(6,7)22-29(43)45/h9,24-27,30H,2,8,10-23H2,1,3-7H3,(H,38,48)(H,39,47)(H2,40,41,50)/t25?,26-,27+,30-/m0/s1. The number of carbonyl (C=O) groups excluding carboxylic acids is 7. The average Bonchev–Trinajstić information content (AvgIpc) is 3.54. The number of unbranched alkanes of at least 4 members (excludes halogenated alkanes) is 1. The highest BCUT2D eigenvalue weighted by atomic mass is 16.2. The molecule has 0 bridgehead atoms. The highest BCUT2D eigenvalue weighted by Gasteiger charge is 2.43. The number of nitrogens with zero attached hydrogens (tertiary/aromatic N) is 2. The summed E-state index contributed by atoms with van der Waals surface area (Å²) in [6.07, 6.45) is 8.91. The number of rotatable bonds is 15. The second kappa shape index (κ2) is 17.9. The molecule has 1 unspecified atom stereocenters. The fourth-order valence-electron chi connectivity index (χ4n) is 7.16. The molecule has 4 N–H and O–H groups in total. The van der Waals surface area contributed by atoms with Crippen molar-refractivity contribution in [3.05, 3.63) is 12.7 Å². The van der Waals surface area contributed by atoms with Crippen molar-refractivity contribution in [3.8, 4) is 0 Å². The van der Waals surface area contributed by atoms with Crippen molar-refractivity contribution < 1.29 is 33.6 Å². The molecular formula is C37H60N6O7. The van der Waals surface area contributed by atoms with Crippen molar-refractivity contribution in [2.45, 2.75) is 143 Å². The van der Waals surface area contributed by atoms with Gasteiger partial charge >= 0.3 is 6.03 Å². The molecule has 13 nitrogen and oxygen atoms in total. The first kappa shape index (κ1) is 40.7. The third-order valence-electron chi connectivity index (χ3n) is 10.2. The van der Waals surface area contributed by atoms with Crippen molar-refractivity contribution in [1.29, 1.82) is 0 Å². The smallest absolute Gasteiger partial charge is 0.315 e. The van der Waals surface area contributed by atoms with Gasteiger partial charge in [-0.1, -0.05) is 79.7 Å². The number of amides is 7. The Balaban J connectivity index is 1.78.